The average molecular weight is 346 g/mol. The van der Waals surface area contributed by atoms with Crippen molar-refractivity contribution in [1.82, 2.24) is 20.4 Å². The van der Waals surface area contributed by atoms with Crippen molar-refractivity contribution in [3.8, 4) is 0 Å². The van der Waals surface area contributed by atoms with E-state index >= 15 is 0 Å². The second-order valence-corrected chi connectivity index (χ2v) is 6.63. The summed E-state index contributed by atoms with van der Waals surface area (Å²) >= 11 is 0. The number of hydrogen-bond donors (Lipinski definition) is 1. The number of aryl methyl sites for hydroxylation is 2. The molecular formula is C18H23FN4O2. The van der Waals surface area contributed by atoms with E-state index in [0.717, 1.165) is 31.4 Å². The third kappa shape index (κ3) is 4.55. The molecule has 0 bridgehead atoms. The van der Waals surface area contributed by atoms with E-state index in [0.29, 0.717) is 36.3 Å². The van der Waals surface area contributed by atoms with E-state index in [1.165, 1.54) is 6.07 Å². The fourth-order valence-corrected chi connectivity index (χ4v) is 3.20. The van der Waals surface area contributed by atoms with Crippen LogP contribution in [-0.2, 0) is 13.0 Å². The molecule has 25 heavy (non-hydrogen) atoms. The van der Waals surface area contributed by atoms with Gasteiger partial charge >= 0.3 is 6.03 Å². The summed E-state index contributed by atoms with van der Waals surface area (Å²) in [5.74, 6) is 1.37. The lowest BCUT2D eigenvalue weighted by Crippen LogP contribution is -2.45. The Kier molecular flexibility index (Phi) is 5.31. The highest BCUT2D eigenvalue weighted by Gasteiger charge is 2.25. The van der Waals surface area contributed by atoms with Gasteiger partial charge < -0.3 is 14.7 Å². The largest absolute Gasteiger partial charge is 0.340 e. The van der Waals surface area contributed by atoms with Crippen molar-refractivity contribution in [2.45, 2.75) is 39.7 Å². The van der Waals surface area contributed by atoms with Gasteiger partial charge in [0.25, 0.3) is 0 Å². The number of nitrogens with one attached hydrogen (secondary N) is 1. The van der Waals surface area contributed by atoms with Crippen LogP contribution in [0.5, 0.6) is 0 Å². The lowest BCUT2D eigenvalue weighted by Gasteiger charge is -2.32. The Morgan fingerprint density at radius 2 is 2.28 bits per heavy atom. The minimum absolute atomic E-state index is 0.0871. The average Bonchev–Trinajstić information content (AvgIpc) is 3.00. The normalized spacial score (nSPS) is 17.6. The van der Waals surface area contributed by atoms with E-state index in [9.17, 15) is 9.18 Å². The Morgan fingerprint density at radius 3 is 3.00 bits per heavy atom. The lowest BCUT2D eigenvalue weighted by atomic mass is 9.95. The van der Waals surface area contributed by atoms with Gasteiger partial charge in [-0.3, -0.25) is 0 Å². The lowest BCUT2D eigenvalue weighted by molar-refractivity contribution is 0.164. The first-order valence-corrected chi connectivity index (χ1v) is 8.58. The maximum absolute atomic E-state index is 13.3. The van der Waals surface area contributed by atoms with Gasteiger partial charge in [-0.1, -0.05) is 17.3 Å². The second-order valence-electron chi connectivity index (χ2n) is 6.63. The van der Waals surface area contributed by atoms with Crippen molar-refractivity contribution >= 4 is 6.03 Å². The molecule has 1 saturated heterocycles. The minimum Gasteiger partial charge on any atom is -0.340 e. The highest BCUT2D eigenvalue weighted by Crippen LogP contribution is 2.20. The first-order valence-electron chi connectivity index (χ1n) is 8.58. The first-order chi connectivity index (χ1) is 12.0. The summed E-state index contributed by atoms with van der Waals surface area (Å²) < 4.78 is 18.3. The molecule has 3 rings (SSSR count). The summed E-state index contributed by atoms with van der Waals surface area (Å²) in [6, 6.07) is 4.80. The zero-order chi connectivity index (χ0) is 17.8. The van der Waals surface area contributed by atoms with Gasteiger partial charge in [0.2, 0.25) is 5.89 Å². The number of urea groups is 1. The molecule has 1 atom stereocenters. The topological polar surface area (TPSA) is 71.3 Å². The zero-order valence-electron chi connectivity index (χ0n) is 14.6. The van der Waals surface area contributed by atoms with E-state index in [2.05, 4.69) is 15.5 Å². The quantitative estimate of drug-likeness (QED) is 0.924. The minimum atomic E-state index is -0.231. The summed E-state index contributed by atoms with van der Waals surface area (Å²) in [4.78, 5) is 18.5. The van der Waals surface area contributed by atoms with Crippen molar-refractivity contribution in [2.75, 3.05) is 13.1 Å². The summed E-state index contributed by atoms with van der Waals surface area (Å²) in [7, 11) is 0. The molecule has 7 heteroatoms. The number of aromatic nitrogens is 2. The number of carbonyl (C=O) groups excluding carboxylic acids is 1. The number of hydrogen-bond acceptors (Lipinski definition) is 4. The number of likely N-dealkylation sites (tertiary alicyclic amines) is 1. The van der Waals surface area contributed by atoms with Crippen LogP contribution >= 0.6 is 0 Å². The first kappa shape index (κ1) is 17.4. The molecule has 0 saturated carbocycles. The standard InChI is InChI=1S/C18H23FN4O2/c1-12-8-14(5-6-16(12)19)10-20-18(24)23-7-3-4-15(11-23)9-17-21-13(2)25-22-17/h5-6,8,15H,3-4,7,9-11H2,1-2H3,(H,20,24). The monoisotopic (exact) mass is 346 g/mol. The molecular weight excluding hydrogens is 323 g/mol. The van der Waals surface area contributed by atoms with Crippen LogP contribution in [0.4, 0.5) is 9.18 Å². The number of halogens is 1. The smallest absolute Gasteiger partial charge is 0.317 e. The number of rotatable bonds is 4. The summed E-state index contributed by atoms with van der Waals surface area (Å²) in [6.07, 6.45) is 2.73. The molecule has 0 spiro atoms. The van der Waals surface area contributed by atoms with Crippen molar-refractivity contribution in [3.63, 3.8) is 0 Å². The molecule has 1 aliphatic heterocycles. The predicted octanol–water partition coefficient (Wildman–Crippen LogP) is 2.99. The Morgan fingerprint density at radius 1 is 1.44 bits per heavy atom. The molecule has 6 nitrogen and oxygen atoms in total. The van der Waals surface area contributed by atoms with Crippen LogP contribution in [0.25, 0.3) is 0 Å². The molecule has 1 fully saturated rings. The van der Waals surface area contributed by atoms with Gasteiger partial charge in [0.05, 0.1) is 0 Å². The molecule has 1 unspecified atom stereocenters. The van der Waals surface area contributed by atoms with Crippen molar-refractivity contribution in [1.29, 1.82) is 0 Å². The summed E-state index contributed by atoms with van der Waals surface area (Å²) in [5.41, 5.74) is 1.48. The number of carbonyl (C=O) groups is 1. The van der Waals surface area contributed by atoms with Crippen molar-refractivity contribution < 1.29 is 13.7 Å². The highest BCUT2D eigenvalue weighted by molar-refractivity contribution is 5.74. The van der Waals surface area contributed by atoms with Crippen LogP contribution in [0.15, 0.2) is 22.7 Å². The van der Waals surface area contributed by atoms with Gasteiger partial charge in [-0.2, -0.15) is 4.98 Å². The number of amides is 2. The van der Waals surface area contributed by atoms with Crippen LogP contribution in [0.1, 0.15) is 35.7 Å². The fourth-order valence-electron chi connectivity index (χ4n) is 3.20. The summed E-state index contributed by atoms with van der Waals surface area (Å²) in [6.45, 7) is 5.31. The predicted molar refractivity (Wildman–Crippen MR) is 90.4 cm³/mol. The number of benzene rings is 1. The van der Waals surface area contributed by atoms with Gasteiger partial charge in [-0.15, -0.1) is 0 Å². The van der Waals surface area contributed by atoms with Crippen LogP contribution in [0, 0.1) is 25.6 Å². The molecule has 0 radical (unpaired) electrons. The molecule has 1 N–H and O–H groups in total. The molecule has 1 aliphatic rings. The molecule has 1 aromatic carbocycles. The van der Waals surface area contributed by atoms with Crippen LogP contribution < -0.4 is 5.32 Å². The third-order valence-corrected chi connectivity index (χ3v) is 4.51. The van der Waals surface area contributed by atoms with Crippen LogP contribution in [0.3, 0.4) is 0 Å². The van der Waals surface area contributed by atoms with Crippen molar-refractivity contribution in [3.05, 3.63) is 46.9 Å². The number of piperidine rings is 1. The molecule has 134 valence electrons. The second kappa shape index (κ2) is 7.63. The molecule has 0 aliphatic carbocycles. The van der Waals surface area contributed by atoms with Crippen LogP contribution in [-0.4, -0.2) is 34.2 Å². The maximum Gasteiger partial charge on any atom is 0.317 e. The van der Waals surface area contributed by atoms with Gasteiger partial charge in [-0.05, 0) is 42.9 Å². The maximum atomic E-state index is 13.3. The van der Waals surface area contributed by atoms with E-state index in [1.54, 1.807) is 26.0 Å². The van der Waals surface area contributed by atoms with Gasteiger partial charge in [0, 0.05) is 33.0 Å². The highest BCUT2D eigenvalue weighted by atomic mass is 19.1. The van der Waals surface area contributed by atoms with Gasteiger partial charge in [0.1, 0.15) is 5.82 Å². The molecule has 2 amide bonds. The van der Waals surface area contributed by atoms with E-state index in [-0.39, 0.29) is 11.8 Å². The van der Waals surface area contributed by atoms with E-state index in [1.807, 2.05) is 4.90 Å². The Balaban J connectivity index is 1.51. The SMILES string of the molecule is Cc1nc(CC2CCCN(C(=O)NCc3ccc(F)c(C)c3)C2)no1. The van der Waals surface area contributed by atoms with E-state index in [4.69, 9.17) is 4.52 Å². The molecule has 1 aromatic heterocycles. The summed E-state index contributed by atoms with van der Waals surface area (Å²) in [5, 5.41) is 6.85. The van der Waals surface area contributed by atoms with Crippen LogP contribution in [0.2, 0.25) is 0 Å². The molecule has 2 aromatic rings. The van der Waals surface area contributed by atoms with Gasteiger partial charge in [-0.25, -0.2) is 9.18 Å². The Labute approximate surface area is 146 Å². The Bertz CT molecular complexity index is 746. The molecule has 2 heterocycles. The van der Waals surface area contributed by atoms with Gasteiger partial charge in [0.15, 0.2) is 5.82 Å². The van der Waals surface area contributed by atoms with Crippen molar-refractivity contribution in [2.24, 2.45) is 5.92 Å². The van der Waals surface area contributed by atoms with E-state index < -0.39 is 0 Å². The third-order valence-electron chi connectivity index (χ3n) is 4.51. The number of nitrogens with zero attached hydrogens (tertiary/aromatic N) is 3. The fraction of sp³-hybridized carbons (Fsp3) is 0.500. The zero-order valence-corrected chi connectivity index (χ0v) is 14.6. The Hall–Kier alpha value is -2.44.